The molecular weight excluding hydrogens is 328 g/mol. The molecule has 26 heavy (non-hydrogen) atoms. The average Bonchev–Trinajstić information content (AvgIpc) is 2.56. The van der Waals surface area contributed by atoms with Crippen LogP contribution in [0.15, 0.2) is 30.3 Å². The van der Waals surface area contributed by atoms with Crippen LogP contribution >= 0.6 is 0 Å². The Bertz CT molecular complexity index is 821. The van der Waals surface area contributed by atoms with Gasteiger partial charge in [-0.1, -0.05) is 38.1 Å². The second-order valence-corrected chi connectivity index (χ2v) is 8.48. The van der Waals surface area contributed by atoms with Crippen molar-refractivity contribution in [2.45, 2.75) is 64.4 Å². The summed E-state index contributed by atoms with van der Waals surface area (Å²) in [5.74, 6) is 0.656. The van der Waals surface area contributed by atoms with Crippen LogP contribution in [0.2, 0.25) is 0 Å². The van der Waals surface area contributed by atoms with Crippen LogP contribution in [0.4, 0.5) is 0 Å². The van der Waals surface area contributed by atoms with E-state index in [1.165, 1.54) is 6.07 Å². The van der Waals surface area contributed by atoms with Gasteiger partial charge in [0, 0.05) is 5.56 Å². The van der Waals surface area contributed by atoms with Crippen LogP contribution in [0, 0.1) is 0 Å². The van der Waals surface area contributed by atoms with Gasteiger partial charge >= 0.3 is 0 Å². The van der Waals surface area contributed by atoms with Crippen molar-refractivity contribution < 1.29 is 20.1 Å². The molecule has 1 heterocycles. The minimum atomic E-state index is -0.356. The number of benzene rings is 2. The van der Waals surface area contributed by atoms with Crippen LogP contribution in [0.1, 0.15) is 57.2 Å². The molecule has 0 atom stereocenters. The van der Waals surface area contributed by atoms with Crippen LogP contribution in [-0.4, -0.2) is 20.9 Å². The Hall–Kier alpha value is -2.36. The molecule has 3 N–H and O–H groups in total. The number of rotatable bonds is 4. The Balaban J connectivity index is 1.83. The molecule has 4 heteroatoms. The lowest BCUT2D eigenvalue weighted by Crippen LogP contribution is -2.32. The highest BCUT2D eigenvalue weighted by Crippen LogP contribution is 2.44. The third kappa shape index (κ3) is 3.46. The molecule has 0 unspecified atom stereocenters. The van der Waals surface area contributed by atoms with Crippen LogP contribution < -0.4 is 4.74 Å². The lowest BCUT2D eigenvalue weighted by atomic mass is 9.78. The van der Waals surface area contributed by atoms with E-state index in [1.807, 2.05) is 45.9 Å². The van der Waals surface area contributed by atoms with Crippen molar-refractivity contribution in [1.82, 2.24) is 0 Å². The first-order valence-corrected chi connectivity index (χ1v) is 9.15. The molecule has 0 aromatic heterocycles. The fourth-order valence-corrected chi connectivity index (χ4v) is 3.59. The molecule has 0 amide bonds. The number of aryl methyl sites for hydroxylation is 2. The summed E-state index contributed by atoms with van der Waals surface area (Å²) in [7, 11) is 0. The van der Waals surface area contributed by atoms with Crippen LogP contribution in [-0.2, 0) is 18.3 Å². The van der Waals surface area contributed by atoms with E-state index in [-0.39, 0.29) is 28.3 Å². The van der Waals surface area contributed by atoms with Gasteiger partial charge < -0.3 is 20.1 Å². The number of para-hydroxylation sites is 1. The second-order valence-electron chi connectivity index (χ2n) is 8.48. The molecule has 0 aliphatic carbocycles. The van der Waals surface area contributed by atoms with Gasteiger partial charge in [-0.3, -0.25) is 0 Å². The van der Waals surface area contributed by atoms with Crippen molar-refractivity contribution in [3.05, 3.63) is 47.0 Å². The van der Waals surface area contributed by atoms with Gasteiger partial charge in [-0.05, 0) is 62.1 Å². The maximum Gasteiger partial charge on any atom is 0.165 e. The van der Waals surface area contributed by atoms with Crippen molar-refractivity contribution in [1.29, 1.82) is 0 Å². The molecule has 2 aromatic rings. The molecule has 3 rings (SSSR count). The van der Waals surface area contributed by atoms with Crippen molar-refractivity contribution in [2.75, 3.05) is 0 Å². The molecule has 0 radical (unpaired) electrons. The van der Waals surface area contributed by atoms with E-state index in [1.54, 1.807) is 6.07 Å². The largest absolute Gasteiger partial charge is 0.504 e. The van der Waals surface area contributed by atoms with Crippen molar-refractivity contribution in [3.63, 3.8) is 0 Å². The monoisotopic (exact) mass is 356 g/mol. The first-order chi connectivity index (χ1) is 12.1. The van der Waals surface area contributed by atoms with Crippen LogP contribution in [0.5, 0.6) is 23.0 Å². The summed E-state index contributed by atoms with van der Waals surface area (Å²) < 4.78 is 6.02. The third-order valence-electron chi connectivity index (χ3n) is 5.43. The predicted octanol–water partition coefficient (Wildman–Crippen LogP) is 4.82. The summed E-state index contributed by atoms with van der Waals surface area (Å²) >= 11 is 0. The van der Waals surface area contributed by atoms with E-state index in [0.717, 1.165) is 24.0 Å². The minimum Gasteiger partial charge on any atom is -0.504 e. The summed E-state index contributed by atoms with van der Waals surface area (Å²) in [6.45, 7) is 8.12. The first-order valence-electron chi connectivity index (χ1n) is 9.15. The number of ether oxygens (including phenoxy) is 1. The zero-order valence-corrected chi connectivity index (χ0v) is 16.0. The highest BCUT2D eigenvalue weighted by molar-refractivity contribution is 5.53. The van der Waals surface area contributed by atoms with Gasteiger partial charge in [0.1, 0.15) is 5.60 Å². The third-order valence-corrected chi connectivity index (χ3v) is 5.43. The predicted molar refractivity (Wildman–Crippen MR) is 102 cm³/mol. The normalized spacial score (nSPS) is 16.0. The maximum atomic E-state index is 10.7. The quantitative estimate of drug-likeness (QED) is 0.687. The summed E-state index contributed by atoms with van der Waals surface area (Å²) in [6, 6.07) is 9.04. The summed E-state index contributed by atoms with van der Waals surface area (Å²) in [6.07, 6.45) is 3.19. The number of phenolic OH excluding ortho intramolecular Hbond substituents is 3. The smallest absolute Gasteiger partial charge is 0.165 e. The molecule has 1 aliphatic heterocycles. The van der Waals surface area contributed by atoms with E-state index < -0.39 is 0 Å². The van der Waals surface area contributed by atoms with Crippen LogP contribution in [0.3, 0.4) is 0 Å². The van der Waals surface area contributed by atoms with Gasteiger partial charge in [0.2, 0.25) is 0 Å². The van der Waals surface area contributed by atoms with E-state index >= 15 is 0 Å². The van der Waals surface area contributed by atoms with E-state index in [0.29, 0.717) is 24.2 Å². The highest BCUT2D eigenvalue weighted by Gasteiger charge is 2.30. The number of aromatic hydroxyl groups is 3. The average molecular weight is 356 g/mol. The van der Waals surface area contributed by atoms with E-state index in [2.05, 4.69) is 0 Å². The van der Waals surface area contributed by atoms with Crippen molar-refractivity contribution in [2.24, 2.45) is 0 Å². The molecular formula is C22H28O4. The fraction of sp³-hybridized carbons (Fsp3) is 0.455. The molecule has 0 spiro atoms. The van der Waals surface area contributed by atoms with Crippen LogP contribution in [0.25, 0.3) is 0 Å². The standard InChI is InChI=1S/C22H28O4/c1-21(2,16-6-5-7-17(23)19(16)25)12-10-14-8-9-15-11-13-22(3,4)26-20(15)18(14)24/h5-9,23-25H,10-13H2,1-4H3. The van der Waals surface area contributed by atoms with Gasteiger partial charge in [0.05, 0.1) is 0 Å². The molecule has 140 valence electrons. The Morgan fingerprint density at radius 1 is 1.04 bits per heavy atom. The van der Waals surface area contributed by atoms with Crippen molar-refractivity contribution in [3.8, 4) is 23.0 Å². The first kappa shape index (κ1) is 18.4. The van der Waals surface area contributed by atoms with Gasteiger partial charge in [-0.2, -0.15) is 0 Å². The Morgan fingerprint density at radius 2 is 1.77 bits per heavy atom. The summed E-state index contributed by atoms with van der Waals surface area (Å²) in [5, 5.41) is 30.7. The molecule has 0 bridgehead atoms. The molecule has 2 aromatic carbocycles. The van der Waals surface area contributed by atoms with Gasteiger partial charge in [0.25, 0.3) is 0 Å². The maximum absolute atomic E-state index is 10.7. The number of phenols is 3. The lowest BCUT2D eigenvalue weighted by molar-refractivity contribution is 0.0803. The number of hydrogen-bond acceptors (Lipinski definition) is 4. The van der Waals surface area contributed by atoms with Gasteiger partial charge in [0.15, 0.2) is 23.0 Å². The topological polar surface area (TPSA) is 69.9 Å². The van der Waals surface area contributed by atoms with Gasteiger partial charge in [-0.15, -0.1) is 0 Å². The summed E-state index contributed by atoms with van der Waals surface area (Å²) in [4.78, 5) is 0. The molecule has 1 aliphatic rings. The Kier molecular flexibility index (Phi) is 4.55. The number of hydrogen-bond donors (Lipinski definition) is 3. The van der Waals surface area contributed by atoms with E-state index in [4.69, 9.17) is 4.74 Å². The number of fused-ring (bicyclic) bond motifs is 1. The molecule has 0 saturated heterocycles. The zero-order chi connectivity index (χ0) is 19.1. The molecule has 0 fully saturated rings. The molecule has 0 saturated carbocycles. The van der Waals surface area contributed by atoms with Crippen molar-refractivity contribution >= 4 is 0 Å². The Morgan fingerprint density at radius 3 is 2.50 bits per heavy atom. The van der Waals surface area contributed by atoms with E-state index in [9.17, 15) is 15.3 Å². The summed E-state index contributed by atoms with van der Waals surface area (Å²) in [5.41, 5.74) is 1.97. The Labute approximate surface area is 155 Å². The highest BCUT2D eigenvalue weighted by atomic mass is 16.5. The second kappa shape index (κ2) is 6.42. The fourth-order valence-electron chi connectivity index (χ4n) is 3.59. The van der Waals surface area contributed by atoms with Gasteiger partial charge in [-0.25, -0.2) is 0 Å². The lowest BCUT2D eigenvalue weighted by Gasteiger charge is -2.33. The molecule has 4 nitrogen and oxygen atoms in total. The minimum absolute atomic E-state index is 0.0720. The SMILES string of the molecule is CC1(C)CCc2ccc(CCC(C)(C)c3cccc(O)c3O)c(O)c2O1. The zero-order valence-electron chi connectivity index (χ0n) is 16.0.